The zero-order valence-electron chi connectivity index (χ0n) is 15.4. The molecule has 1 heterocycles. The lowest BCUT2D eigenvalue weighted by Crippen LogP contribution is -2.29. The molecule has 2 aromatic carbocycles. The summed E-state index contributed by atoms with van der Waals surface area (Å²) in [5.41, 5.74) is 3.18. The van der Waals surface area contributed by atoms with Crippen molar-refractivity contribution in [2.24, 2.45) is 5.18 Å². The molecule has 0 radical (unpaired) electrons. The van der Waals surface area contributed by atoms with Gasteiger partial charge in [-0.25, -0.2) is 0 Å². The summed E-state index contributed by atoms with van der Waals surface area (Å²) < 4.78 is 1.75. The van der Waals surface area contributed by atoms with Crippen molar-refractivity contribution in [2.75, 3.05) is 11.9 Å². The molecule has 1 aromatic heterocycles. The van der Waals surface area contributed by atoms with E-state index in [1.807, 2.05) is 74.6 Å². The van der Waals surface area contributed by atoms with Crippen LogP contribution in [-0.4, -0.2) is 22.2 Å². The number of carbonyl (C=O) groups excluding carboxylic acids is 1. The van der Waals surface area contributed by atoms with Gasteiger partial charge >= 0.3 is 0 Å². The minimum Gasteiger partial charge on any atom is -0.326 e. The molecule has 0 saturated heterocycles. The molecule has 1 amide bonds. The first-order valence-corrected chi connectivity index (χ1v) is 8.76. The van der Waals surface area contributed by atoms with Crippen molar-refractivity contribution in [3.05, 3.63) is 77.5 Å². The highest BCUT2D eigenvalue weighted by Crippen LogP contribution is 2.24. The van der Waals surface area contributed by atoms with Crippen LogP contribution in [-0.2, 0) is 16.8 Å². The van der Waals surface area contributed by atoms with E-state index in [-0.39, 0.29) is 12.5 Å². The molecule has 0 saturated carbocycles. The van der Waals surface area contributed by atoms with E-state index in [0.717, 1.165) is 22.4 Å². The summed E-state index contributed by atoms with van der Waals surface area (Å²) in [6.45, 7) is 3.98. The van der Waals surface area contributed by atoms with Crippen LogP contribution in [0.2, 0.25) is 0 Å². The van der Waals surface area contributed by atoms with Gasteiger partial charge in [-0.1, -0.05) is 47.6 Å². The molecule has 1 N–H and O–H groups in total. The molecule has 3 rings (SSSR count). The second-order valence-electron chi connectivity index (χ2n) is 7.06. The van der Waals surface area contributed by atoms with Gasteiger partial charge in [0.15, 0.2) is 0 Å². The van der Waals surface area contributed by atoms with Gasteiger partial charge in [0.25, 0.3) is 0 Å². The van der Waals surface area contributed by atoms with Crippen LogP contribution in [0.4, 0.5) is 5.69 Å². The summed E-state index contributed by atoms with van der Waals surface area (Å²) in [5.74, 6) is -0.0510. The van der Waals surface area contributed by atoms with Crippen molar-refractivity contribution in [1.82, 2.24) is 9.78 Å². The van der Waals surface area contributed by atoms with Crippen LogP contribution in [0.1, 0.15) is 19.4 Å². The number of nitrogens with zero attached hydrogens (tertiary/aromatic N) is 3. The maximum absolute atomic E-state index is 12.2. The first-order chi connectivity index (χ1) is 13.0. The lowest BCUT2D eigenvalue weighted by Gasteiger charge is -2.21. The van der Waals surface area contributed by atoms with Gasteiger partial charge in [-0.2, -0.15) is 10.0 Å². The number of hydrogen-bond donors (Lipinski definition) is 1. The molecule has 0 aliphatic heterocycles. The second kappa shape index (κ2) is 7.95. The van der Waals surface area contributed by atoms with E-state index in [9.17, 15) is 9.70 Å². The Hall–Kier alpha value is -3.28. The summed E-state index contributed by atoms with van der Waals surface area (Å²) in [4.78, 5) is 22.7. The third kappa shape index (κ3) is 4.67. The Labute approximate surface area is 158 Å². The van der Waals surface area contributed by atoms with Crippen LogP contribution >= 0.6 is 0 Å². The summed E-state index contributed by atoms with van der Waals surface area (Å²) >= 11 is 0. The number of nitrogens with one attached hydrogen (secondary N) is 1. The van der Waals surface area contributed by atoms with Gasteiger partial charge in [0.1, 0.15) is 6.54 Å². The minimum absolute atomic E-state index is 0.0510. The molecule has 6 nitrogen and oxygen atoms in total. The third-order valence-corrected chi connectivity index (χ3v) is 4.36. The Morgan fingerprint density at radius 3 is 2.44 bits per heavy atom. The zero-order chi connectivity index (χ0) is 19.3. The SMILES string of the molecule is CC(C)(CN=O)n1cc(-c2ccc(NC(=O)Cc3ccccc3)cc2)cn1. The van der Waals surface area contributed by atoms with E-state index >= 15 is 0 Å². The van der Waals surface area contributed by atoms with E-state index in [0.29, 0.717) is 6.42 Å². The van der Waals surface area contributed by atoms with Crippen LogP contribution in [0.15, 0.2) is 72.2 Å². The van der Waals surface area contributed by atoms with Gasteiger partial charge < -0.3 is 5.32 Å². The molecule has 0 spiro atoms. The summed E-state index contributed by atoms with van der Waals surface area (Å²) in [6, 6.07) is 17.2. The van der Waals surface area contributed by atoms with E-state index < -0.39 is 5.54 Å². The fourth-order valence-electron chi connectivity index (χ4n) is 2.77. The van der Waals surface area contributed by atoms with E-state index in [2.05, 4.69) is 15.6 Å². The lowest BCUT2D eigenvalue weighted by molar-refractivity contribution is -0.115. The van der Waals surface area contributed by atoms with Crippen LogP contribution < -0.4 is 5.32 Å². The van der Waals surface area contributed by atoms with Gasteiger partial charge in [-0.05, 0) is 37.1 Å². The number of amides is 1. The normalized spacial score (nSPS) is 11.2. The maximum atomic E-state index is 12.2. The van der Waals surface area contributed by atoms with Crippen molar-refractivity contribution in [3.8, 4) is 11.1 Å². The average molecular weight is 362 g/mol. The Bertz CT molecular complexity index is 915. The smallest absolute Gasteiger partial charge is 0.228 e. The van der Waals surface area contributed by atoms with Crippen molar-refractivity contribution >= 4 is 11.6 Å². The quantitative estimate of drug-likeness (QED) is 0.639. The predicted molar refractivity (Wildman–Crippen MR) is 106 cm³/mol. The first kappa shape index (κ1) is 18.5. The molecule has 0 atom stereocenters. The molecule has 3 aromatic rings. The van der Waals surface area contributed by atoms with Crippen LogP contribution in [0.25, 0.3) is 11.1 Å². The highest BCUT2D eigenvalue weighted by molar-refractivity contribution is 5.92. The Kier molecular flexibility index (Phi) is 5.45. The van der Waals surface area contributed by atoms with Crippen molar-refractivity contribution < 1.29 is 4.79 Å². The number of hydrogen-bond acceptors (Lipinski definition) is 4. The molecule has 0 unspecified atom stereocenters. The average Bonchev–Trinajstić information content (AvgIpc) is 3.14. The van der Waals surface area contributed by atoms with E-state index in [1.54, 1.807) is 10.9 Å². The van der Waals surface area contributed by atoms with Crippen molar-refractivity contribution in [3.63, 3.8) is 0 Å². The topological polar surface area (TPSA) is 76.3 Å². The number of benzene rings is 2. The molecular weight excluding hydrogens is 340 g/mol. The first-order valence-electron chi connectivity index (χ1n) is 8.76. The molecule has 0 aliphatic rings. The van der Waals surface area contributed by atoms with Gasteiger partial charge in [0, 0.05) is 17.4 Å². The summed E-state index contributed by atoms with van der Waals surface area (Å²) in [5, 5.41) is 10.2. The fraction of sp³-hybridized carbons (Fsp3) is 0.238. The molecule has 0 fully saturated rings. The predicted octanol–water partition coefficient (Wildman–Crippen LogP) is 4.23. The monoisotopic (exact) mass is 362 g/mol. The standard InChI is InChI=1S/C21H22N4O2/c1-21(2,15-23-27)25-14-18(13-22-25)17-8-10-19(11-9-17)24-20(26)12-16-6-4-3-5-7-16/h3-11,13-14H,12,15H2,1-2H3,(H,24,26). The Balaban J connectivity index is 1.66. The van der Waals surface area contributed by atoms with Crippen molar-refractivity contribution in [2.45, 2.75) is 25.8 Å². The van der Waals surface area contributed by atoms with Crippen LogP contribution in [0.5, 0.6) is 0 Å². The minimum atomic E-state index is -0.467. The number of nitroso groups, excluding NO2 is 1. The number of rotatable bonds is 7. The molecule has 0 bridgehead atoms. The highest BCUT2D eigenvalue weighted by Gasteiger charge is 2.21. The Morgan fingerprint density at radius 2 is 1.78 bits per heavy atom. The molecular formula is C21H22N4O2. The summed E-state index contributed by atoms with van der Waals surface area (Å²) in [6.07, 6.45) is 4.00. The number of carbonyl (C=O) groups is 1. The fourth-order valence-corrected chi connectivity index (χ4v) is 2.77. The maximum Gasteiger partial charge on any atom is 0.228 e. The van der Waals surface area contributed by atoms with Crippen molar-refractivity contribution in [1.29, 1.82) is 0 Å². The molecule has 6 heteroatoms. The molecule has 0 aliphatic carbocycles. The largest absolute Gasteiger partial charge is 0.326 e. The third-order valence-electron chi connectivity index (χ3n) is 4.36. The van der Waals surface area contributed by atoms with E-state index in [4.69, 9.17) is 0 Å². The highest BCUT2D eigenvalue weighted by atomic mass is 16.3. The number of anilines is 1. The second-order valence-corrected chi connectivity index (χ2v) is 7.06. The van der Waals surface area contributed by atoms with Gasteiger partial charge in [-0.15, -0.1) is 0 Å². The van der Waals surface area contributed by atoms with Crippen LogP contribution in [0, 0.1) is 4.91 Å². The molecule has 138 valence electrons. The molecule has 27 heavy (non-hydrogen) atoms. The number of aromatic nitrogens is 2. The summed E-state index contributed by atoms with van der Waals surface area (Å²) in [7, 11) is 0. The van der Waals surface area contributed by atoms with Gasteiger partial charge in [-0.3, -0.25) is 9.48 Å². The lowest BCUT2D eigenvalue weighted by atomic mass is 10.1. The van der Waals surface area contributed by atoms with Crippen LogP contribution in [0.3, 0.4) is 0 Å². The zero-order valence-corrected chi connectivity index (χ0v) is 15.4. The van der Waals surface area contributed by atoms with Gasteiger partial charge in [0.05, 0.1) is 18.2 Å². The Morgan fingerprint density at radius 1 is 1.07 bits per heavy atom. The van der Waals surface area contributed by atoms with Gasteiger partial charge in [0.2, 0.25) is 5.91 Å². The van der Waals surface area contributed by atoms with E-state index in [1.165, 1.54) is 0 Å².